The van der Waals surface area contributed by atoms with Gasteiger partial charge in [0.15, 0.2) is 0 Å². The van der Waals surface area contributed by atoms with Crippen LogP contribution in [0.25, 0.3) is 0 Å². The van der Waals surface area contributed by atoms with Gasteiger partial charge in [0.05, 0.1) is 10.7 Å². The third-order valence-electron chi connectivity index (χ3n) is 2.26. The average molecular weight is 270 g/mol. The van der Waals surface area contributed by atoms with Crippen molar-refractivity contribution < 1.29 is 9.53 Å². The number of thiazole rings is 1. The topological polar surface area (TPSA) is 51.2 Å². The predicted octanol–water partition coefficient (Wildman–Crippen LogP) is 2.31. The fraction of sp³-hybridized carbons (Fsp3) is 0.692. The van der Waals surface area contributed by atoms with Crippen LogP contribution in [-0.2, 0) is 16.0 Å². The van der Waals surface area contributed by atoms with E-state index in [4.69, 9.17) is 4.74 Å². The highest BCUT2D eigenvalue weighted by Crippen LogP contribution is 2.09. The second kappa shape index (κ2) is 6.29. The van der Waals surface area contributed by atoms with E-state index in [9.17, 15) is 4.79 Å². The van der Waals surface area contributed by atoms with Gasteiger partial charge in [0.1, 0.15) is 11.6 Å². The molecule has 102 valence electrons. The summed E-state index contributed by atoms with van der Waals surface area (Å²) in [4.78, 5) is 16.1. The Morgan fingerprint density at radius 1 is 1.56 bits per heavy atom. The van der Waals surface area contributed by atoms with Crippen LogP contribution in [0, 0.1) is 6.92 Å². The van der Waals surface area contributed by atoms with E-state index in [0.29, 0.717) is 0 Å². The van der Waals surface area contributed by atoms with Crippen LogP contribution in [0.4, 0.5) is 0 Å². The van der Waals surface area contributed by atoms with Gasteiger partial charge in [0.2, 0.25) is 0 Å². The zero-order valence-electron chi connectivity index (χ0n) is 11.7. The number of carbonyl (C=O) groups is 1. The van der Waals surface area contributed by atoms with Crippen molar-refractivity contribution in [1.82, 2.24) is 10.3 Å². The predicted molar refractivity (Wildman–Crippen MR) is 73.9 cm³/mol. The summed E-state index contributed by atoms with van der Waals surface area (Å²) < 4.78 is 5.29. The molecule has 0 bridgehead atoms. The van der Waals surface area contributed by atoms with Crippen LogP contribution in [-0.4, -0.2) is 29.1 Å². The van der Waals surface area contributed by atoms with E-state index in [1.54, 1.807) is 11.3 Å². The molecule has 1 N–H and O–H groups in total. The fourth-order valence-corrected chi connectivity index (χ4v) is 2.06. The molecule has 1 heterocycles. The van der Waals surface area contributed by atoms with Gasteiger partial charge in [-0.05, 0) is 34.6 Å². The van der Waals surface area contributed by atoms with Crippen LogP contribution >= 0.6 is 11.3 Å². The summed E-state index contributed by atoms with van der Waals surface area (Å²) in [7, 11) is 0. The number of esters is 1. The number of carbonyl (C=O) groups excluding carboxylic acids is 1. The number of hydrogen-bond donors (Lipinski definition) is 1. The molecule has 0 aliphatic carbocycles. The standard InChI is InChI=1S/C13H22N2O2S/c1-9(12(16)17-13(3,4)5)14-7-6-11-8-18-10(2)15-11/h8-9,14H,6-7H2,1-5H3. The van der Waals surface area contributed by atoms with Crippen LogP contribution < -0.4 is 5.32 Å². The Balaban J connectivity index is 2.28. The minimum atomic E-state index is -0.431. The van der Waals surface area contributed by atoms with E-state index in [-0.39, 0.29) is 12.0 Å². The third-order valence-corrected chi connectivity index (χ3v) is 3.08. The van der Waals surface area contributed by atoms with E-state index < -0.39 is 5.60 Å². The fourth-order valence-electron chi connectivity index (χ4n) is 1.41. The van der Waals surface area contributed by atoms with Crippen LogP contribution in [0.1, 0.15) is 38.4 Å². The Morgan fingerprint density at radius 3 is 2.72 bits per heavy atom. The van der Waals surface area contributed by atoms with Gasteiger partial charge in [-0.15, -0.1) is 11.3 Å². The minimum absolute atomic E-state index is 0.211. The zero-order chi connectivity index (χ0) is 13.8. The van der Waals surface area contributed by atoms with Crippen molar-refractivity contribution >= 4 is 17.3 Å². The van der Waals surface area contributed by atoms with Crippen molar-refractivity contribution in [2.24, 2.45) is 0 Å². The Morgan fingerprint density at radius 2 is 2.22 bits per heavy atom. The molecule has 1 rings (SSSR count). The van der Waals surface area contributed by atoms with Crippen LogP contribution in [0.15, 0.2) is 5.38 Å². The largest absolute Gasteiger partial charge is 0.459 e. The summed E-state index contributed by atoms with van der Waals surface area (Å²) >= 11 is 1.65. The van der Waals surface area contributed by atoms with Crippen LogP contribution in [0.2, 0.25) is 0 Å². The minimum Gasteiger partial charge on any atom is -0.459 e. The molecule has 0 fully saturated rings. The number of aromatic nitrogens is 1. The molecule has 0 aromatic carbocycles. The van der Waals surface area contributed by atoms with E-state index in [2.05, 4.69) is 15.7 Å². The van der Waals surface area contributed by atoms with E-state index in [1.807, 2.05) is 34.6 Å². The Bertz CT molecular complexity index is 396. The van der Waals surface area contributed by atoms with Crippen molar-refractivity contribution in [2.45, 2.75) is 52.7 Å². The second-order valence-electron chi connectivity index (χ2n) is 5.32. The summed E-state index contributed by atoms with van der Waals surface area (Å²) in [5.74, 6) is -0.211. The summed E-state index contributed by atoms with van der Waals surface area (Å²) in [5, 5.41) is 6.28. The molecule has 5 heteroatoms. The molecule has 0 saturated carbocycles. The number of nitrogens with one attached hydrogen (secondary N) is 1. The van der Waals surface area contributed by atoms with Gasteiger partial charge >= 0.3 is 5.97 Å². The number of ether oxygens (including phenoxy) is 1. The van der Waals surface area contributed by atoms with E-state index in [0.717, 1.165) is 23.7 Å². The lowest BCUT2D eigenvalue weighted by Gasteiger charge is -2.22. The van der Waals surface area contributed by atoms with Gasteiger partial charge in [0.25, 0.3) is 0 Å². The third kappa shape index (κ3) is 5.60. The Kier molecular flexibility index (Phi) is 5.28. The van der Waals surface area contributed by atoms with E-state index >= 15 is 0 Å². The highest BCUT2D eigenvalue weighted by Gasteiger charge is 2.20. The lowest BCUT2D eigenvalue weighted by Crippen LogP contribution is -2.40. The maximum atomic E-state index is 11.7. The van der Waals surface area contributed by atoms with Gasteiger partial charge in [-0.2, -0.15) is 0 Å². The van der Waals surface area contributed by atoms with Crippen molar-refractivity contribution in [2.75, 3.05) is 6.54 Å². The number of rotatable bonds is 5. The maximum absolute atomic E-state index is 11.7. The molecule has 0 spiro atoms. The van der Waals surface area contributed by atoms with Crippen molar-refractivity contribution in [3.63, 3.8) is 0 Å². The van der Waals surface area contributed by atoms with Gasteiger partial charge in [-0.1, -0.05) is 0 Å². The lowest BCUT2D eigenvalue weighted by molar-refractivity contribution is -0.156. The molecule has 0 aliphatic heterocycles. The Hall–Kier alpha value is -0.940. The Labute approximate surface area is 113 Å². The smallest absolute Gasteiger partial charge is 0.323 e. The number of aryl methyl sites for hydroxylation is 1. The summed E-state index contributed by atoms with van der Waals surface area (Å²) in [6.07, 6.45) is 0.831. The normalized spacial score (nSPS) is 13.4. The summed E-state index contributed by atoms with van der Waals surface area (Å²) in [6.45, 7) is 10.1. The van der Waals surface area contributed by atoms with E-state index in [1.165, 1.54) is 0 Å². The molecule has 1 atom stereocenters. The molecule has 0 saturated heterocycles. The molecular weight excluding hydrogens is 248 g/mol. The molecule has 0 radical (unpaired) electrons. The molecule has 0 aliphatic rings. The first kappa shape index (κ1) is 15.1. The quantitative estimate of drug-likeness (QED) is 0.834. The SMILES string of the molecule is Cc1nc(CCNC(C)C(=O)OC(C)(C)C)cs1. The molecule has 1 unspecified atom stereocenters. The highest BCUT2D eigenvalue weighted by atomic mass is 32.1. The summed E-state index contributed by atoms with van der Waals surface area (Å²) in [5.41, 5.74) is 0.639. The molecule has 4 nitrogen and oxygen atoms in total. The highest BCUT2D eigenvalue weighted by molar-refractivity contribution is 7.09. The van der Waals surface area contributed by atoms with Gasteiger partial charge < -0.3 is 10.1 Å². The van der Waals surface area contributed by atoms with Crippen molar-refractivity contribution in [1.29, 1.82) is 0 Å². The van der Waals surface area contributed by atoms with Gasteiger partial charge in [0, 0.05) is 18.3 Å². The van der Waals surface area contributed by atoms with Crippen molar-refractivity contribution in [3.05, 3.63) is 16.1 Å². The lowest BCUT2D eigenvalue weighted by atomic mass is 10.2. The van der Waals surface area contributed by atoms with Gasteiger partial charge in [-0.25, -0.2) is 4.98 Å². The number of hydrogen-bond acceptors (Lipinski definition) is 5. The number of nitrogens with zero attached hydrogens (tertiary/aromatic N) is 1. The first-order valence-electron chi connectivity index (χ1n) is 6.15. The maximum Gasteiger partial charge on any atom is 0.323 e. The van der Waals surface area contributed by atoms with Gasteiger partial charge in [-0.3, -0.25) is 4.79 Å². The summed E-state index contributed by atoms with van der Waals surface area (Å²) in [6, 6.07) is -0.288. The van der Waals surface area contributed by atoms with Crippen LogP contribution in [0.3, 0.4) is 0 Å². The van der Waals surface area contributed by atoms with Crippen molar-refractivity contribution in [3.8, 4) is 0 Å². The zero-order valence-corrected chi connectivity index (χ0v) is 12.6. The molecule has 1 aromatic heterocycles. The first-order chi connectivity index (χ1) is 8.28. The average Bonchev–Trinajstić information content (AvgIpc) is 2.61. The molecule has 0 amide bonds. The first-order valence-corrected chi connectivity index (χ1v) is 7.03. The monoisotopic (exact) mass is 270 g/mol. The van der Waals surface area contributed by atoms with Crippen LogP contribution in [0.5, 0.6) is 0 Å². The second-order valence-corrected chi connectivity index (χ2v) is 6.38. The molecule has 1 aromatic rings. The molecule has 18 heavy (non-hydrogen) atoms. The molecular formula is C13H22N2O2S.